The SMILES string of the molecule is N[C@@H](CO)C(=O)OC[C@@H](NC(=O)C1CCC(NS(=O)(=O)c2ccc(C(F)(F)F)cc2)CC1)c1ccccc1. The minimum atomic E-state index is -4.57. The van der Waals surface area contributed by atoms with Crippen LogP contribution in [-0.4, -0.2) is 50.7 Å². The average Bonchev–Trinajstić information content (AvgIpc) is 2.90. The predicted molar refractivity (Wildman–Crippen MR) is 131 cm³/mol. The fourth-order valence-electron chi connectivity index (χ4n) is 4.13. The highest BCUT2D eigenvalue weighted by atomic mass is 32.2. The number of halogens is 3. The Morgan fingerprint density at radius 2 is 1.63 bits per heavy atom. The van der Waals surface area contributed by atoms with Gasteiger partial charge in [0.2, 0.25) is 15.9 Å². The monoisotopic (exact) mass is 557 g/mol. The van der Waals surface area contributed by atoms with Gasteiger partial charge in [-0.05, 0) is 55.5 Å². The standard InChI is InChI=1S/C25H30F3N3O6S/c26-25(27,28)18-8-12-20(13-9-18)38(35,36)31-19-10-6-17(7-11-19)23(33)30-22(16-4-2-1-3-5-16)15-37-24(34)21(29)14-32/h1-5,8-9,12-13,17,19,21-22,31-32H,6-7,10-11,14-15,29H2,(H,30,33)/t17?,19?,21-,22+/m0/s1. The number of carbonyl (C=O) groups is 2. The zero-order chi connectivity index (χ0) is 27.9. The van der Waals surface area contributed by atoms with Crippen LogP contribution in [0.2, 0.25) is 0 Å². The number of benzene rings is 2. The number of nitrogens with two attached hydrogens (primary N) is 1. The van der Waals surface area contributed by atoms with Crippen molar-refractivity contribution in [1.82, 2.24) is 10.0 Å². The second-order valence-corrected chi connectivity index (χ2v) is 10.8. The first-order chi connectivity index (χ1) is 17.9. The van der Waals surface area contributed by atoms with E-state index in [1.807, 2.05) is 0 Å². The number of amides is 1. The number of hydrogen-bond donors (Lipinski definition) is 4. The molecule has 0 heterocycles. The summed E-state index contributed by atoms with van der Waals surface area (Å²) in [7, 11) is -4.03. The fourth-order valence-corrected chi connectivity index (χ4v) is 5.43. The van der Waals surface area contributed by atoms with E-state index in [0.717, 1.165) is 12.1 Å². The van der Waals surface area contributed by atoms with Crippen molar-refractivity contribution in [3.63, 3.8) is 0 Å². The van der Waals surface area contributed by atoms with Crippen LogP contribution in [0.5, 0.6) is 0 Å². The van der Waals surface area contributed by atoms with Crippen LogP contribution in [0.15, 0.2) is 59.5 Å². The second-order valence-electron chi connectivity index (χ2n) is 9.08. The van der Waals surface area contributed by atoms with Gasteiger partial charge in [0, 0.05) is 12.0 Å². The number of ether oxygens (including phenoxy) is 1. The summed E-state index contributed by atoms with van der Waals surface area (Å²) < 4.78 is 71.2. The molecule has 0 aliphatic heterocycles. The molecule has 0 unspecified atom stereocenters. The zero-order valence-corrected chi connectivity index (χ0v) is 21.2. The molecular weight excluding hydrogens is 527 g/mol. The van der Waals surface area contributed by atoms with E-state index < -0.39 is 58.4 Å². The van der Waals surface area contributed by atoms with Gasteiger partial charge in [-0.15, -0.1) is 0 Å². The molecule has 2 aromatic carbocycles. The Bertz CT molecular complexity index is 1190. The Hall–Kier alpha value is -3.00. The summed E-state index contributed by atoms with van der Waals surface area (Å²) in [6, 6.07) is 9.78. The lowest BCUT2D eigenvalue weighted by molar-refractivity contribution is -0.147. The Kier molecular flexibility index (Phi) is 9.88. The third kappa shape index (κ3) is 8.00. The van der Waals surface area contributed by atoms with Gasteiger partial charge in [0.05, 0.1) is 23.1 Å². The van der Waals surface area contributed by atoms with Gasteiger partial charge in [0.15, 0.2) is 0 Å². The summed E-state index contributed by atoms with van der Waals surface area (Å²) in [6.45, 7) is -0.766. The van der Waals surface area contributed by atoms with Gasteiger partial charge in [-0.25, -0.2) is 13.1 Å². The Morgan fingerprint density at radius 1 is 1.03 bits per heavy atom. The van der Waals surface area contributed by atoms with Crippen molar-refractivity contribution in [3.05, 3.63) is 65.7 Å². The second kappa shape index (κ2) is 12.7. The summed E-state index contributed by atoms with van der Waals surface area (Å²) in [5.41, 5.74) is 5.23. The molecule has 38 heavy (non-hydrogen) atoms. The summed E-state index contributed by atoms with van der Waals surface area (Å²) in [5.74, 6) is -1.50. The van der Waals surface area contributed by atoms with E-state index in [9.17, 15) is 31.2 Å². The minimum Gasteiger partial charge on any atom is -0.462 e. The molecule has 0 bridgehead atoms. The molecule has 0 spiro atoms. The Morgan fingerprint density at radius 3 is 2.18 bits per heavy atom. The zero-order valence-electron chi connectivity index (χ0n) is 20.4. The van der Waals surface area contributed by atoms with Gasteiger partial charge >= 0.3 is 12.1 Å². The molecule has 1 aliphatic rings. The lowest BCUT2D eigenvalue weighted by atomic mass is 9.85. The van der Waals surface area contributed by atoms with Crippen molar-refractivity contribution in [1.29, 1.82) is 0 Å². The first-order valence-electron chi connectivity index (χ1n) is 12.0. The average molecular weight is 558 g/mol. The first kappa shape index (κ1) is 29.6. The van der Waals surface area contributed by atoms with E-state index in [4.69, 9.17) is 15.6 Å². The molecule has 0 aromatic heterocycles. The lowest BCUT2D eigenvalue weighted by Gasteiger charge is -2.29. The molecule has 208 valence electrons. The van der Waals surface area contributed by atoms with E-state index in [1.165, 1.54) is 0 Å². The predicted octanol–water partition coefficient (Wildman–Crippen LogP) is 2.26. The van der Waals surface area contributed by atoms with Gasteiger partial charge in [0.1, 0.15) is 12.6 Å². The number of sulfonamides is 1. The van der Waals surface area contributed by atoms with E-state index in [1.54, 1.807) is 30.3 Å². The Labute approximate surface area is 218 Å². The number of esters is 1. The molecule has 1 amide bonds. The molecule has 2 aromatic rings. The molecule has 0 radical (unpaired) electrons. The quantitative estimate of drug-likeness (QED) is 0.328. The largest absolute Gasteiger partial charge is 0.462 e. The molecule has 1 fully saturated rings. The van der Waals surface area contributed by atoms with Crippen LogP contribution in [0, 0.1) is 5.92 Å². The fraction of sp³-hybridized carbons (Fsp3) is 0.440. The van der Waals surface area contributed by atoms with Crippen LogP contribution in [0.4, 0.5) is 13.2 Å². The minimum absolute atomic E-state index is 0.190. The van der Waals surface area contributed by atoms with Gasteiger partial charge in [-0.2, -0.15) is 13.2 Å². The molecule has 13 heteroatoms. The molecule has 3 rings (SSSR count). The van der Waals surface area contributed by atoms with Gasteiger partial charge < -0.3 is 20.9 Å². The van der Waals surface area contributed by atoms with E-state index >= 15 is 0 Å². The smallest absolute Gasteiger partial charge is 0.416 e. The first-order valence-corrected chi connectivity index (χ1v) is 13.5. The molecule has 5 N–H and O–H groups in total. The third-order valence-corrected chi connectivity index (χ3v) is 7.86. The summed E-state index contributed by atoms with van der Waals surface area (Å²) in [4.78, 5) is 24.6. The normalized spacial score (nSPS) is 19.8. The molecule has 1 saturated carbocycles. The molecule has 9 nitrogen and oxygen atoms in total. The molecule has 0 saturated heterocycles. The van der Waals surface area contributed by atoms with Crippen LogP contribution in [0.3, 0.4) is 0 Å². The highest BCUT2D eigenvalue weighted by Crippen LogP contribution is 2.30. The van der Waals surface area contributed by atoms with Crippen molar-refractivity contribution in [2.45, 2.75) is 54.9 Å². The summed E-state index contributed by atoms with van der Waals surface area (Å²) in [5, 5.41) is 11.9. The number of aliphatic hydroxyl groups excluding tert-OH is 1. The van der Waals surface area contributed by atoms with Crippen LogP contribution >= 0.6 is 0 Å². The number of alkyl halides is 3. The van der Waals surface area contributed by atoms with E-state index in [0.29, 0.717) is 43.4 Å². The van der Waals surface area contributed by atoms with Crippen molar-refractivity contribution in [2.24, 2.45) is 11.7 Å². The van der Waals surface area contributed by atoms with E-state index in [2.05, 4.69) is 10.0 Å². The van der Waals surface area contributed by atoms with Crippen molar-refractivity contribution in [3.8, 4) is 0 Å². The number of carbonyl (C=O) groups excluding carboxylic acids is 2. The maximum atomic E-state index is 13.0. The number of aliphatic hydroxyl groups is 1. The van der Waals surface area contributed by atoms with Crippen molar-refractivity contribution >= 4 is 21.9 Å². The maximum Gasteiger partial charge on any atom is 0.416 e. The van der Waals surface area contributed by atoms with Crippen LogP contribution in [-0.2, 0) is 30.5 Å². The molecule has 2 atom stereocenters. The van der Waals surface area contributed by atoms with Crippen molar-refractivity contribution < 1.29 is 41.0 Å². The van der Waals surface area contributed by atoms with E-state index in [-0.39, 0.29) is 17.4 Å². The summed E-state index contributed by atoms with van der Waals surface area (Å²) in [6.07, 6.45) is -3.10. The van der Waals surface area contributed by atoms with Crippen LogP contribution in [0.1, 0.15) is 42.9 Å². The maximum absolute atomic E-state index is 13.0. The highest BCUT2D eigenvalue weighted by molar-refractivity contribution is 7.89. The van der Waals surface area contributed by atoms with Crippen molar-refractivity contribution in [2.75, 3.05) is 13.2 Å². The number of nitrogens with one attached hydrogen (secondary N) is 2. The van der Waals surface area contributed by atoms with Crippen LogP contribution in [0.25, 0.3) is 0 Å². The van der Waals surface area contributed by atoms with Gasteiger partial charge in [0.25, 0.3) is 0 Å². The van der Waals surface area contributed by atoms with Gasteiger partial charge in [-0.3, -0.25) is 9.59 Å². The topological polar surface area (TPSA) is 148 Å². The molecule has 1 aliphatic carbocycles. The molecular formula is C25H30F3N3O6S. The number of hydrogen-bond acceptors (Lipinski definition) is 7. The lowest BCUT2D eigenvalue weighted by Crippen LogP contribution is -2.43. The Balaban J connectivity index is 1.57. The third-order valence-electron chi connectivity index (χ3n) is 6.32. The number of rotatable bonds is 10. The van der Waals surface area contributed by atoms with Gasteiger partial charge in [-0.1, -0.05) is 30.3 Å². The summed E-state index contributed by atoms with van der Waals surface area (Å²) >= 11 is 0. The highest BCUT2D eigenvalue weighted by Gasteiger charge is 2.33. The van der Waals surface area contributed by atoms with Crippen LogP contribution < -0.4 is 15.8 Å².